The molecule has 0 unspecified atom stereocenters. The summed E-state index contributed by atoms with van der Waals surface area (Å²) in [4.78, 5) is 18.6. The molecule has 7 heteroatoms. The number of ether oxygens (including phenoxy) is 1. The van der Waals surface area contributed by atoms with Gasteiger partial charge in [0.25, 0.3) is 0 Å². The first-order valence-electron chi connectivity index (χ1n) is 10.3. The van der Waals surface area contributed by atoms with Gasteiger partial charge in [-0.2, -0.15) is 5.10 Å². The van der Waals surface area contributed by atoms with Crippen LogP contribution in [0.25, 0.3) is 33.4 Å². The van der Waals surface area contributed by atoms with Gasteiger partial charge in [-0.05, 0) is 62.7 Å². The topological polar surface area (TPSA) is 73.4 Å². The summed E-state index contributed by atoms with van der Waals surface area (Å²) in [5, 5.41) is 5.97. The second kappa shape index (κ2) is 7.27. The summed E-state index contributed by atoms with van der Waals surface area (Å²) in [5.41, 5.74) is 5.22. The van der Waals surface area contributed by atoms with Crippen LogP contribution in [0.5, 0.6) is 0 Å². The van der Waals surface area contributed by atoms with Gasteiger partial charge in [-0.25, -0.2) is 4.79 Å². The molecular weight excluding hydrogens is 392 g/mol. The molecule has 0 saturated heterocycles. The van der Waals surface area contributed by atoms with E-state index in [1.807, 2.05) is 55.8 Å². The van der Waals surface area contributed by atoms with Gasteiger partial charge in [-0.3, -0.25) is 9.67 Å². The van der Waals surface area contributed by atoms with Crippen molar-refractivity contribution in [3.63, 3.8) is 0 Å². The van der Waals surface area contributed by atoms with Crippen molar-refractivity contribution in [3.05, 3.63) is 60.7 Å². The Labute approximate surface area is 180 Å². The Morgan fingerprint density at radius 2 is 1.87 bits per heavy atom. The molecule has 4 aromatic rings. The zero-order valence-corrected chi connectivity index (χ0v) is 17.8. The van der Waals surface area contributed by atoms with E-state index < -0.39 is 5.60 Å². The Hall–Kier alpha value is -3.61. The lowest BCUT2D eigenvalue weighted by Crippen LogP contribution is -2.41. The molecule has 1 aliphatic heterocycles. The highest BCUT2D eigenvalue weighted by Gasteiger charge is 2.30. The minimum Gasteiger partial charge on any atom is -0.464 e. The van der Waals surface area contributed by atoms with Crippen molar-refractivity contribution >= 4 is 17.1 Å². The number of carbonyl (C=O) groups is 1. The first kappa shape index (κ1) is 19.4. The number of amides is 1. The van der Waals surface area contributed by atoms with E-state index in [9.17, 15) is 4.79 Å². The summed E-state index contributed by atoms with van der Waals surface area (Å²) in [7, 11) is 0. The molecule has 0 spiro atoms. The molecule has 5 rings (SSSR count). The van der Waals surface area contributed by atoms with Gasteiger partial charge >= 0.3 is 6.09 Å². The first-order valence-corrected chi connectivity index (χ1v) is 10.3. The Kier molecular flexibility index (Phi) is 4.54. The monoisotopic (exact) mass is 416 g/mol. The van der Waals surface area contributed by atoms with Crippen LogP contribution in [0.2, 0.25) is 0 Å². The normalized spacial score (nSPS) is 14.0. The predicted octanol–water partition coefficient (Wildman–Crippen LogP) is 5.11. The van der Waals surface area contributed by atoms with Gasteiger partial charge in [0.15, 0.2) is 0 Å². The van der Waals surface area contributed by atoms with E-state index in [1.54, 1.807) is 23.6 Å². The summed E-state index contributed by atoms with van der Waals surface area (Å²) >= 11 is 0. The number of hydrogen-bond acceptors (Lipinski definition) is 5. The molecule has 0 fully saturated rings. The molecule has 31 heavy (non-hydrogen) atoms. The number of fused-ring (bicyclic) bond motifs is 2. The number of rotatable bonds is 2. The second-order valence-corrected chi connectivity index (χ2v) is 8.70. The number of pyridine rings is 1. The maximum absolute atomic E-state index is 12.7. The first-order chi connectivity index (χ1) is 14.9. The van der Waals surface area contributed by atoms with Crippen LogP contribution in [-0.4, -0.2) is 37.9 Å². The smallest absolute Gasteiger partial charge is 0.410 e. The molecule has 0 bridgehead atoms. The SMILES string of the molecule is CC(C)(C)OC(=O)N1CCn2nc(-c3ccc4occc4c3)c(-c3ccncc3)c2C1. The number of nitrogens with zero attached hydrogens (tertiary/aromatic N) is 4. The van der Waals surface area contributed by atoms with Crippen LogP contribution in [-0.2, 0) is 17.8 Å². The number of furan rings is 1. The van der Waals surface area contributed by atoms with Gasteiger partial charge in [0, 0.05) is 35.5 Å². The zero-order valence-electron chi connectivity index (χ0n) is 17.8. The third kappa shape index (κ3) is 3.67. The van der Waals surface area contributed by atoms with Crippen LogP contribution in [0.1, 0.15) is 26.5 Å². The maximum Gasteiger partial charge on any atom is 0.410 e. The molecule has 7 nitrogen and oxygen atoms in total. The summed E-state index contributed by atoms with van der Waals surface area (Å²) in [5.74, 6) is 0. The summed E-state index contributed by atoms with van der Waals surface area (Å²) in [6.45, 7) is 7.25. The molecule has 1 amide bonds. The lowest BCUT2D eigenvalue weighted by molar-refractivity contribution is 0.0195. The number of benzene rings is 1. The third-order valence-electron chi connectivity index (χ3n) is 5.33. The summed E-state index contributed by atoms with van der Waals surface area (Å²) in [6, 6.07) is 12.0. The Morgan fingerprint density at radius 3 is 2.65 bits per heavy atom. The quantitative estimate of drug-likeness (QED) is 0.454. The van der Waals surface area contributed by atoms with E-state index in [2.05, 4.69) is 11.1 Å². The van der Waals surface area contributed by atoms with Gasteiger partial charge in [0.2, 0.25) is 0 Å². The number of aromatic nitrogens is 3. The van der Waals surface area contributed by atoms with E-state index in [0.29, 0.717) is 19.6 Å². The third-order valence-corrected chi connectivity index (χ3v) is 5.33. The molecule has 3 aromatic heterocycles. The molecule has 0 saturated carbocycles. The lowest BCUT2D eigenvalue weighted by Gasteiger charge is -2.30. The molecule has 0 N–H and O–H groups in total. The van der Waals surface area contributed by atoms with Gasteiger partial charge in [-0.15, -0.1) is 0 Å². The lowest BCUT2D eigenvalue weighted by atomic mass is 9.98. The molecule has 4 heterocycles. The highest BCUT2D eigenvalue weighted by atomic mass is 16.6. The molecule has 0 aliphatic carbocycles. The molecule has 1 aromatic carbocycles. The van der Waals surface area contributed by atoms with E-state index in [4.69, 9.17) is 14.3 Å². The van der Waals surface area contributed by atoms with Gasteiger partial charge < -0.3 is 14.1 Å². The average molecular weight is 416 g/mol. The molecule has 1 aliphatic rings. The number of carbonyl (C=O) groups excluding carboxylic acids is 1. The Balaban J connectivity index is 1.60. The van der Waals surface area contributed by atoms with E-state index in [0.717, 1.165) is 39.0 Å². The van der Waals surface area contributed by atoms with E-state index in [-0.39, 0.29) is 6.09 Å². The van der Waals surface area contributed by atoms with E-state index >= 15 is 0 Å². The van der Waals surface area contributed by atoms with Crippen LogP contribution in [0, 0.1) is 0 Å². The highest BCUT2D eigenvalue weighted by molar-refractivity contribution is 5.88. The minimum absolute atomic E-state index is 0.304. The van der Waals surface area contributed by atoms with Crippen LogP contribution in [0.15, 0.2) is 59.5 Å². The van der Waals surface area contributed by atoms with Crippen molar-refractivity contribution in [3.8, 4) is 22.4 Å². The van der Waals surface area contributed by atoms with Crippen molar-refractivity contribution in [2.45, 2.75) is 39.5 Å². The fourth-order valence-electron chi connectivity index (χ4n) is 3.94. The fraction of sp³-hybridized carbons (Fsp3) is 0.292. The molecular formula is C24H24N4O3. The van der Waals surface area contributed by atoms with E-state index in [1.165, 1.54) is 0 Å². The molecule has 0 atom stereocenters. The highest BCUT2D eigenvalue weighted by Crippen LogP contribution is 2.37. The molecule has 0 radical (unpaired) electrons. The minimum atomic E-state index is -0.534. The second-order valence-electron chi connectivity index (χ2n) is 8.70. The van der Waals surface area contributed by atoms with Crippen molar-refractivity contribution in [2.24, 2.45) is 0 Å². The maximum atomic E-state index is 12.7. The fourth-order valence-corrected chi connectivity index (χ4v) is 3.94. The van der Waals surface area contributed by atoms with Crippen LogP contribution in [0.4, 0.5) is 4.79 Å². The molecule has 158 valence electrons. The van der Waals surface area contributed by atoms with Gasteiger partial charge in [-0.1, -0.05) is 0 Å². The Morgan fingerprint density at radius 1 is 1.06 bits per heavy atom. The van der Waals surface area contributed by atoms with Crippen LogP contribution < -0.4 is 0 Å². The zero-order chi connectivity index (χ0) is 21.6. The standard InChI is InChI=1S/C24H24N4O3/c1-24(2,3)31-23(29)27-11-12-28-19(15-27)21(16-6-9-25-10-7-16)22(26-28)18-4-5-20-17(14-18)8-13-30-20/h4-10,13-14H,11-12,15H2,1-3H3. The van der Waals surface area contributed by atoms with Crippen LogP contribution in [0.3, 0.4) is 0 Å². The summed E-state index contributed by atoms with van der Waals surface area (Å²) in [6.07, 6.45) is 4.94. The number of hydrogen-bond donors (Lipinski definition) is 0. The summed E-state index contributed by atoms with van der Waals surface area (Å²) < 4.78 is 13.1. The van der Waals surface area contributed by atoms with Gasteiger partial charge in [0.1, 0.15) is 16.9 Å². The van der Waals surface area contributed by atoms with Crippen molar-refractivity contribution in [2.75, 3.05) is 6.54 Å². The Bertz CT molecular complexity index is 1250. The largest absolute Gasteiger partial charge is 0.464 e. The van der Waals surface area contributed by atoms with Crippen LogP contribution >= 0.6 is 0 Å². The van der Waals surface area contributed by atoms with Crippen molar-refractivity contribution < 1.29 is 13.9 Å². The average Bonchev–Trinajstić information content (AvgIpc) is 3.36. The van der Waals surface area contributed by atoms with Gasteiger partial charge in [0.05, 0.1) is 25.0 Å². The van der Waals surface area contributed by atoms with Crippen molar-refractivity contribution in [1.29, 1.82) is 0 Å². The predicted molar refractivity (Wildman–Crippen MR) is 117 cm³/mol. The van der Waals surface area contributed by atoms with Crippen molar-refractivity contribution in [1.82, 2.24) is 19.7 Å².